The first-order valence-electron chi connectivity index (χ1n) is 7.82. The van der Waals surface area contributed by atoms with Crippen LogP contribution < -0.4 is 5.32 Å². The van der Waals surface area contributed by atoms with Gasteiger partial charge in [0.25, 0.3) is 0 Å². The van der Waals surface area contributed by atoms with E-state index in [1.807, 2.05) is 17.5 Å². The molecule has 0 aliphatic rings. The Morgan fingerprint density at radius 2 is 2.08 bits per heavy atom. The van der Waals surface area contributed by atoms with Crippen molar-refractivity contribution >= 4 is 40.7 Å². The fourth-order valence-electron chi connectivity index (χ4n) is 2.07. The van der Waals surface area contributed by atoms with Gasteiger partial charge in [0, 0.05) is 5.69 Å². The van der Waals surface area contributed by atoms with E-state index in [2.05, 4.69) is 20.5 Å². The molecule has 2 N–H and O–H groups in total. The average molecular weight is 388 g/mol. The highest BCUT2D eigenvalue weighted by Gasteiger charge is 2.10. The number of aromatic nitrogens is 3. The van der Waals surface area contributed by atoms with Crippen LogP contribution in [0, 0.1) is 0 Å². The normalized spacial score (nSPS) is 10.5. The Morgan fingerprint density at radius 3 is 2.77 bits per heavy atom. The van der Waals surface area contributed by atoms with Crippen molar-refractivity contribution in [1.29, 1.82) is 0 Å². The predicted octanol–water partition coefficient (Wildman–Crippen LogP) is 3.44. The van der Waals surface area contributed by atoms with Gasteiger partial charge in [-0.3, -0.25) is 9.89 Å². The zero-order chi connectivity index (χ0) is 18.4. The maximum atomic E-state index is 12.1. The van der Waals surface area contributed by atoms with E-state index in [9.17, 15) is 9.59 Å². The number of nitrogens with zero attached hydrogens (tertiary/aromatic N) is 2. The van der Waals surface area contributed by atoms with Gasteiger partial charge in [-0.2, -0.15) is 0 Å². The lowest BCUT2D eigenvalue weighted by Crippen LogP contribution is -2.14. The number of thiophene rings is 1. The van der Waals surface area contributed by atoms with Gasteiger partial charge in [-0.05, 0) is 42.6 Å². The summed E-state index contributed by atoms with van der Waals surface area (Å²) in [6.07, 6.45) is 0. The summed E-state index contributed by atoms with van der Waals surface area (Å²) in [5.41, 5.74) is 1.05. The van der Waals surface area contributed by atoms with Crippen LogP contribution in [-0.2, 0) is 9.53 Å². The number of amides is 1. The number of ether oxygens (including phenoxy) is 1. The Kier molecular flexibility index (Phi) is 6.03. The molecule has 0 bridgehead atoms. The summed E-state index contributed by atoms with van der Waals surface area (Å²) in [6.45, 7) is 2.08. The summed E-state index contributed by atoms with van der Waals surface area (Å²) in [4.78, 5) is 29.0. The summed E-state index contributed by atoms with van der Waals surface area (Å²) >= 11 is 2.81. The minimum absolute atomic E-state index is 0.179. The van der Waals surface area contributed by atoms with E-state index in [1.54, 1.807) is 42.5 Å². The van der Waals surface area contributed by atoms with Crippen molar-refractivity contribution in [2.24, 2.45) is 0 Å². The van der Waals surface area contributed by atoms with E-state index in [0.29, 0.717) is 28.8 Å². The highest BCUT2D eigenvalue weighted by Crippen LogP contribution is 2.23. The Morgan fingerprint density at radius 1 is 1.27 bits per heavy atom. The maximum absolute atomic E-state index is 12.1. The highest BCUT2D eigenvalue weighted by atomic mass is 32.2. The Labute approximate surface area is 158 Å². The van der Waals surface area contributed by atoms with Crippen LogP contribution in [0.5, 0.6) is 0 Å². The number of hydrogen-bond acceptors (Lipinski definition) is 7. The number of rotatable bonds is 7. The van der Waals surface area contributed by atoms with E-state index >= 15 is 0 Å². The van der Waals surface area contributed by atoms with Crippen LogP contribution in [0.4, 0.5) is 5.69 Å². The SMILES string of the molecule is CCOC(=O)c1ccc(NC(=O)CSc2n[nH]c(-c3cccs3)n2)cc1. The molecule has 3 rings (SSSR count). The molecule has 3 aromatic rings. The molecule has 134 valence electrons. The summed E-state index contributed by atoms with van der Waals surface area (Å²) in [6, 6.07) is 10.4. The Bertz CT molecular complexity index is 876. The van der Waals surface area contributed by atoms with Crippen LogP contribution in [0.3, 0.4) is 0 Å². The van der Waals surface area contributed by atoms with Gasteiger partial charge in [0.15, 0.2) is 5.82 Å². The third-order valence-electron chi connectivity index (χ3n) is 3.23. The molecule has 0 saturated heterocycles. The number of aromatic amines is 1. The molecule has 1 amide bonds. The number of carbonyl (C=O) groups is 2. The Balaban J connectivity index is 1.50. The Hall–Kier alpha value is -2.65. The standard InChI is InChI=1S/C17H16N4O3S2/c1-2-24-16(23)11-5-7-12(8-6-11)18-14(22)10-26-17-19-15(20-21-17)13-4-3-9-25-13/h3-9H,2,10H2,1H3,(H,18,22)(H,19,20,21). The summed E-state index contributed by atoms with van der Waals surface area (Å²) in [5.74, 6) is 0.312. The van der Waals surface area contributed by atoms with Gasteiger partial charge in [0.05, 0.1) is 22.8 Å². The van der Waals surface area contributed by atoms with E-state index in [-0.39, 0.29) is 17.6 Å². The number of anilines is 1. The largest absolute Gasteiger partial charge is 0.462 e. The molecule has 1 aromatic carbocycles. The second-order valence-corrected chi connectivity index (χ2v) is 6.97. The van der Waals surface area contributed by atoms with Crippen LogP contribution in [0.15, 0.2) is 46.9 Å². The number of thioether (sulfide) groups is 1. The molecule has 7 nitrogen and oxygen atoms in total. The minimum Gasteiger partial charge on any atom is -0.462 e. The third kappa shape index (κ3) is 4.70. The van der Waals surface area contributed by atoms with Gasteiger partial charge in [0.2, 0.25) is 11.1 Å². The first-order valence-corrected chi connectivity index (χ1v) is 9.68. The van der Waals surface area contributed by atoms with Crippen LogP contribution in [0.2, 0.25) is 0 Å². The fraction of sp³-hybridized carbons (Fsp3) is 0.176. The summed E-state index contributed by atoms with van der Waals surface area (Å²) in [7, 11) is 0. The van der Waals surface area contributed by atoms with Gasteiger partial charge in [0.1, 0.15) is 0 Å². The van der Waals surface area contributed by atoms with E-state index in [0.717, 1.165) is 4.88 Å². The molecule has 0 unspecified atom stereocenters. The number of nitrogens with one attached hydrogen (secondary N) is 2. The number of H-pyrrole nitrogens is 1. The van der Waals surface area contributed by atoms with Crippen molar-refractivity contribution in [3.63, 3.8) is 0 Å². The van der Waals surface area contributed by atoms with Gasteiger partial charge in [-0.1, -0.05) is 17.8 Å². The van der Waals surface area contributed by atoms with Crippen molar-refractivity contribution in [3.05, 3.63) is 47.3 Å². The molecule has 2 heterocycles. The molecule has 0 spiro atoms. The molecule has 2 aromatic heterocycles. The average Bonchev–Trinajstić information content (AvgIpc) is 3.32. The fourth-order valence-corrected chi connectivity index (χ4v) is 3.33. The van der Waals surface area contributed by atoms with Crippen LogP contribution in [-0.4, -0.2) is 39.4 Å². The number of hydrogen-bond donors (Lipinski definition) is 2. The van der Waals surface area contributed by atoms with Crippen LogP contribution >= 0.6 is 23.1 Å². The van der Waals surface area contributed by atoms with Crippen LogP contribution in [0.25, 0.3) is 10.7 Å². The van der Waals surface area contributed by atoms with E-state index in [4.69, 9.17) is 4.74 Å². The topological polar surface area (TPSA) is 97.0 Å². The van der Waals surface area contributed by atoms with E-state index < -0.39 is 0 Å². The lowest BCUT2D eigenvalue weighted by molar-refractivity contribution is -0.113. The molecule has 0 aliphatic heterocycles. The lowest BCUT2D eigenvalue weighted by Gasteiger charge is -2.05. The first kappa shape index (κ1) is 18.2. The van der Waals surface area contributed by atoms with Gasteiger partial charge in [-0.15, -0.1) is 16.4 Å². The van der Waals surface area contributed by atoms with E-state index in [1.165, 1.54) is 11.8 Å². The van der Waals surface area contributed by atoms with Crippen LogP contribution in [0.1, 0.15) is 17.3 Å². The first-order chi connectivity index (χ1) is 12.7. The summed E-state index contributed by atoms with van der Waals surface area (Å²) in [5, 5.41) is 12.2. The zero-order valence-corrected chi connectivity index (χ0v) is 15.5. The minimum atomic E-state index is -0.382. The molecular weight excluding hydrogens is 372 g/mol. The van der Waals surface area contributed by atoms with Crippen molar-refractivity contribution < 1.29 is 14.3 Å². The molecule has 0 aliphatic carbocycles. The summed E-state index contributed by atoms with van der Waals surface area (Å²) < 4.78 is 4.92. The second-order valence-electron chi connectivity index (χ2n) is 5.08. The molecule has 0 saturated carbocycles. The quantitative estimate of drug-likeness (QED) is 0.475. The van der Waals surface area contributed by atoms with Crippen molar-refractivity contribution in [2.75, 3.05) is 17.7 Å². The smallest absolute Gasteiger partial charge is 0.338 e. The predicted molar refractivity (Wildman–Crippen MR) is 101 cm³/mol. The molecular formula is C17H16N4O3S2. The van der Waals surface area contributed by atoms with Gasteiger partial charge < -0.3 is 10.1 Å². The number of esters is 1. The lowest BCUT2D eigenvalue weighted by atomic mass is 10.2. The third-order valence-corrected chi connectivity index (χ3v) is 4.96. The molecule has 0 atom stereocenters. The van der Waals surface area contributed by atoms with Crippen molar-refractivity contribution in [3.8, 4) is 10.7 Å². The van der Waals surface area contributed by atoms with Crippen molar-refractivity contribution in [2.45, 2.75) is 12.1 Å². The molecule has 26 heavy (non-hydrogen) atoms. The highest BCUT2D eigenvalue weighted by molar-refractivity contribution is 7.99. The maximum Gasteiger partial charge on any atom is 0.338 e. The molecule has 9 heteroatoms. The number of carbonyl (C=O) groups excluding carboxylic acids is 2. The number of benzene rings is 1. The zero-order valence-electron chi connectivity index (χ0n) is 13.9. The second kappa shape index (κ2) is 8.63. The molecule has 0 radical (unpaired) electrons. The van der Waals surface area contributed by atoms with Gasteiger partial charge >= 0.3 is 5.97 Å². The monoisotopic (exact) mass is 388 g/mol. The molecule has 0 fully saturated rings. The van der Waals surface area contributed by atoms with Crippen molar-refractivity contribution in [1.82, 2.24) is 15.2 Å². The van der Waals surface area contributed by atoms with Gasteiger partial charge in [-0.25, -0.2) is 9.78 Å².